The van der Waals surface area contributed by atoms with Crippen LogP contribution in [0.15, 0.2) is 53.8 Å². The largest absolute Gasteiger partial charge is 0.489 e. The Labute approximate surface area is 149 Å². The molecular formula is C18H16ClFN4O. The van der Waals surface area contributed by atoms with Gasteiger partial charge in [-0.2, -0.15) is 5.10 Å². The number of benzene rings is 2. The number of aromatic nitrogens is 2. The molecule has 2 aromatic carbocycles. The number of rotatable bonds is 5. The van der Waals surface area contributed by atoms with Crippen LogP contribution >= 0.6 is 11.6 Å². The van der Waals surface area contributed by atoms with E-state index in [0.717, 1.165) is 16.8 Å². The van der Waals surface area contributed by atoms with E-state index in [2.05, 4.69) is 10.1 Å². The van der Waals surface area contributed by atoms with Crippen molar-refractivity contribution in [3.63, 3.8) is 0 Å². The third-order valence-electron chi connectivity index (χ3n) is 3.41. The zero-order valence-corrected chi connectivity index (χ0v) is 14.2. The van der Waals surface area contributed by atoms with Gasteiger partial charge in [-0.05, 0) is 42.3 Å². The van der Waals surface area contributed by atoms with Gasteiger partial charge in [0.1, 0.15) is 18.2 Å². The van der Waals surface area contributed by atoms with Crippen molar-refractivity contribution < 1.29 is 9.13 Å². The topological polar surface area (TPSA) is 65.4 Å². The van der Waals surface area contributed by atoms with Gasteiger partial charge in [-0.3, -0.25) is 0 Å². The molecule has 2 N–H and O–H groups in total. The van der Waals surface area contributed by atoms with Crippen LogP contribution in [0.3, 0.4) is 0 Å². The van der Waals surface area contributed by atoms with Crippen molar-refractivity contribution in [2.75, 3.05) is 5.73 Å². The highest BCUT2D eigenvalue weighted by Gasteiger charge is 2.03. The maximum atomic E-state index is 13.2. The molecule has 0 atom stereocenters. The van der Waals surface area contributed by atoms with Crippen LogP contribution in [0.1, 0.15) is 16.8 Å². The summed E-state index contributed by atoms with van der Waals surface area (Å²) in [6, 6.07) is 11.9. The van der Waals surface area contributed by atoms with Crippen molar-refractivity contribution >= 4 is 23.8 Å². The predicted octanol–water partition coefficient (Wildman–Crippen LogP) is 4.03. The highest BCUT2D eigenvalue weighted by Crippen LogP contribution is 2.19. The first-order valence-corrected chi connectivity index (χ1v) is 7.91. The van der Waals surface area contributed by atoms with Gasteiger partial charge in [0, 0.05) is 0 Å². The first kappa shape index (κ1) is 17.0. The van der Waals surface area contributed by atoms with E-state index >= 15 is 0 Å². The molecule has 3 rings (SSSR count). The number of anilines is 1. The molecule has 1 heterocycles. The number of hydrogen-bond acceptors (Lipinski definition) is 4. The number of hydrogen-bond donors (Lipinski definition) is 1. The van der Waals surface area contributed by atoms with Gasteiger partial charge in [-0.1, -0.05) is 29.8 Å². The first-order chi connectivity index (χ1) is 12.0. The number of halogens is 2. The normalized spacial score (nSPS) is 11.2. The summed E-state index contributed by atoms with van der Waals surface area (Å²) in [6.45, 7) is 2.13. The molecular weight excluding hydrogens is 343 g/mol. The number of nitrogen functional groups attached to an aromatic ring is 1. The second kappa shape index (κ2) is 7.36. The van der Waals surface area contributed by atoms with Crippen molar-refractivity contribution in [2.24, 2.45) is 5.10 Å². The lowest BCUT2D eigenvalue weighted by Gasteiger charge is -2.07. The van der Waals surface area contributed by atoms with Crippen molar-refractivity contribution in [1.82, 2.24) is 9.66 Å². The minimum absolute atomic E-state index is 0.0789. The van der Waals surface area contributed by atoms with E-state index in [0.29, 0.717) is 11.7 Å². The summed E-state index contributed by atoms with van der Waals surface area (Å²) in [5, 5.41) is 4.35. The fourth-order valence-corrected chi connectivity index (χ4v) is 2.41. The van der Waals surface area contributed by atoms with Gasteiger partial charge in [-0.15, -0.1) is 0 Å². The summed E-state index contributed by atoms with van der Waals surface area (Å²) < 4.78 is 20.4. The predicted molar refractivity (Wildman–Crippen MR) is 96.6 cm³/mol. The number of nitrogens with zero attached hydrogens (tertiary/aromatic N) is 3. The Balaban J connectivity index is 1.68. The molecule has 128 valence electrons. The number of ether oxygens (including phenoxy) is 1. The van der Waals surface area contributed by atoms with Crippen LogP contribution in [0.4, 0.5) is 10.3 Å². The van der Waals surface area contributed by atoms with E-state index in [1.165, 1.54) is 10.7 Å². The van der Waals surface area contributed by atoms with Gasteiger partial charge < -0.3 is 10.5 Å². The fraction of sp³-hybridized carbons (Fsp3) is 0.111. The SMILES string of the molecule is Cc1cn(N=Cc2cccc(OCc3ccc(F)c(Cl)c3)c2)c(N)n1. The molecule has 0 unspecified atom stereocenters. The molecule has 5 nitrogen and oxygen atoms in total. The quantitative estimate of drug-likeness (QED) is 0.700. The minimum Gasteiger partial charge on any atom is -0.489 e. The molecule has 0 amide bonds. The molecule has 0 aliphatic heterocycles. The second-order valence-corrected chi connectivity index (χ2v) is 5.85. The van der Waals surface area contributed by atoms with Crippen LogP contribution < -0.4 is 10.5 Å². The van der Waals surface area contributed by atoms with E-state index in [4.69, 9.17) is 22.1 Å². The first-order valence-electron chi connectivity index (χ1n) is 7.54. The average molecular weight is 359 g/mol. The Morgan fingerprint density at radius 3 is 2.88 bits per heavy atom. The fourth-order valence-electron chi connectivity index (χ4n) is 2.21. The molecule has 0 fully saturated rings. The highest BCUT2D eigenvalue weighted by atomic mass is 35.5. The lowest BCUT2D eigenvalue weighted by atomic mass is 10.2. The Bertz CT molecular complexity index is 923. The summed E-state index contributed by atoms with van der Waals surface area (Å²) in [5.74, 6) is 0.547. The maximum Gasteiger partial charge on any atom is 0.221 e. The van der Waals surface area contributed by atoms with E-state index < -0.39 is 5.82 Å². The second-order valence-electron chi connectivity index (χ2n) is 5.44. The van der Waals surface area contributed by atoms with Crippen LogP contribution in [0.25, 0.3) is 0 Å². The Morgan fingerprint density at radius 1 is 1.32 bits per heavy atom. The van der Waals surface area contributed by atoms with Crippen molar-refractivity contribution in [1.29, 1.82) is 0 Å². The lowest BCUT2D eigenvalue weighted by molar-refractivity contribution is 0.306. The van der Waals surface area contributed by atoms with Crippen molar-refractivity contribution in [3.05, 3.63) is 76.3 Å². The van der Waals surface area contributed by atoms with Gasteiger partial charge in [0.25, 0.3) is 0 Å². The highest BCUT2D eigenvalue weighted by molar-refractivity contribution is 6.30. The molecule has 1 aromatic heterocycles. The van der Waals surface area contributed by atoms with Gasteiger partial charge in [0.2, 0.25) is 5.95 Å². The van der Waals surface area contributed by atoms with Crippen LogP contribution in [-0.2, 0) is 6.61 Å². The van der Waals surface area contributed by atoms with Crippen LogP contribution in [-0.4, -0.2) is 15.9 Å². The minimum atomic E-state index is -0.447. The summed E-state index contributed by atoms with van der Waals surface area (Å²) in [5.41, 5.74) is 8.17. The molecule has 0 saturated carbocycles. The lowest BCUT2D eigenvalue weighted by Crippen LogP contribution is -1.98. The Morgan fingerprint density at radius 2 is 2.16 bits per heavy atom. The van der Waals surface area contributed by atoms with Crippen LogP contribution in [0.2, 0.25) is 5.02 Å². The van der Waals surface area contributed by atoms with Crippen LogP contribution in [0.5, 0.6) is 5.75 Å². The summed E-state index contributed by atoms with van der Waals surface area (Å²) in [4.78, 5) is 4.08. The molecule has 25 heavy (non-hydrogen) atoms. The molecule has 3 aromatic rings. The maximum absolute atomic E-state index is 13.2. The van der Waals surface area contributed by atoms with Gasteiger partial charge in [0.05, 0.1) is 23.1 Å². The zero-order chi connectivity index (χ0) is 17.8. The van der Waals surface area contributed by atoms with E-state index in [9.17, 15) is 4.39 Å². The molecule has 0 bridgehead atoms. The number of aryl methyl sites for hydroxylation is 1. The summed E-state index contributed by atoms with van der Waals surface area (Å²) in [6.07, 6.45) is 3.41. The molecule has 0 spiro atoms. The third kappa shape index (κ3) is 4.36. The van der Waals surface area contributed by atoms with E-state index in [1.54, 1.807) is 24.5 Å². The van der Waals surface area contributed by atoms with Gasteiger partial charge in [0.15, 0.2) is 0 Å². The van der Waals surface area contributed by atoms with Gasteiger partial charge in [-0.25, -0.2) is 14.1 Å². The number of nitrogens with two attached hydrogens (primary N) is 1. The molecule has 0 aliphatic rings. The van der Waals surface area contributed by atoms with Crippen LogP contribution in [0, 0.1) is 12.7 Å². The monoisotopic (exact) mass is 358 g/mol. The van der Waals surface area contributed by atoms with Gasteiger partial charge >= 0.3 is 0 Å². The summed E-state index contributed by atoms with van der Waals surface area (Å²) >= 11 is 5.77. The average Bonchev–Trinajstić information content (AvgIpc) is 2.92. The van der Waals surface area contributed by atoms with E-state index in [1.807, 2.05) is 31.2 Å². The zero-order valence-electron chi connectivity index (χ0n) is 13.5. The summed E-state index contributed by atoms with van der Waals surface area (Å²) in [7, 11) is 0. The number of imidazole rings is 1. The Kier molecular flexibility index (Phi) is 5.00. The smallest absolute Gasteiger partial charge is 0.221 e. The molecule has 0 aliphatic carbocycles. The molecule has 7 heteroatoms. The van der Waals surface area contributed by atoms with Crippen molar-refractivity contribution in [2.45, 2.75) is 13.5 Å². The van der Waals surface area contributed by atoms with Crippen molar-refractivity contribution in [3.8, 4) is 5.75 Å². The standard InChI is InChI=1S/C18H16ClFN4O/c1-12-10-24(18(21)23-12)22-9-13-3-2-4-15(7-13)25-11-14-5-6-17(20)16(19)8-14/h2-10H,11H2,1H3,(H2,21,23). The third-order valence-corrected chi connectivity index (χ3v) is 3.70. The molecule has 0 saturated heterocycles. The molecule has 0 radical (unpaired) electrons. The Hall–Kier alpha value is -2.86. The van der Waals surface area contributed by atoms with E-state index in [-0.39, 0.29) is 11.6 Å².